The van der Waals surface area contributed by atoms with Gasteiger partial charge in [-0.05, 0) is 24.5 Å². The van der Waals surface area contributed by atoms with Crippen LogP contribution in [0.4, 0.5) is 0 Å². The van der Waals surface area contributed by atoms with E-state index in [1.54, 1.807) is 6.07 Å². The second kappa shape index (κ2) is 6.47. The standard InChI is InChI=1S/C14H19N3O3/c15-11-4-2-1-3-10(11)13(18)17-8-9-5-6-12(14(19)20)16-7-9/h5-7,10-11H,1-4,8,15H2,(H,17,18)(H,19,20). The summed E-state index contributed by atoms with van der Waals surface area (Å²) in [5.74, 6) is -1.21. The van der Waals surface area contributed by atoms with Gasteiger partial charge < -0.3 is 16.2 Å². The van der Waals surface area contributed by atoms with Crippen LogP contribution in [0.15, 0.2) is 18.3 Å². The average molecular weight is 277 g/mol. The van der Waals surface area contributed by atoms with E-state index in [-0.39, 0.29) is 23.6 Å². The lowest BCUT2D eigenvalue weighted by atomic mass is 9.84. The summed E-state index contributed by atoms with van der Waals surface area (Å²) in [6.07, 6.45) is 5.33. The molecule has 2 unspecified atom stereocenters. The van der Waals surface area contributed by atoms with Crippen molar-refractivity contribution in [3.8, 4) is 0 Å². The Hall–Kier alpha value is -1.95. The SMILES string of the molecule is NC1CCCCC1C(=O)NCc1ccc(C(=O)O)nc1. The lowest BCUT2D eigenvalue weighted by Crippen LogP contribution is -2.43. The molecule has 20 heavy (non-hydrogen) atoms. The molecule has 1 aromatic rings. The normalized spacial score (nSPS) is 22.2. The maximum Gasteiger partial charge on any atom is 0.354 e. The van der Waals surface area contributed by atoms with Crippen LogP contribution in [0.5, 0.6) is 0 Å². The van der Waals surface area contributed by atoms with Crippen molar-refractivity contribution in [2.24, 2.45) is 11.7 Å². The van der Waals surface area contributed by atoms with Gasteiger partial charge in [-0.15, -0.1) is 0 Å². The predicted octanol–water partition coefficient (Wildman–Crippen LogP) is 0.913. The van der Waals surface area contributed by atoms with Crippen molar-refractivity contribution < 1.29 is 14.7 Å². The molecule has 1 saturated carbocycles. The van der Waals surface area contributed by atoms with Crippen molar-refractivity contribution >= 4 is 11.9 Å². The Morgan fingerprint density at radius 2 is 2.10 bits per heavy atom. The number of nitrogens with zero attached hydrogens (tertiary/aromatic N) is 1. The Kier molecular flexibility index (Phi) is 4.68. The molecule has 1 amide bonds. The Labute approximate surface area is 117 Å². The van der Waals surface area contributed by atoms with Crippen LogP contribution in [0.3, 0.4) is 0 Å². The van der Waals surface area contributed by atoms with Gasteiger partial charge in [0, 0.05) is 18.8 Å². The summed E-state index contributed by atoms with van der Waals surface area (Å²) in [6.45, 7) is 0.342. The van der Waals surface area contributed by atoms with E-state index >= 15 is 0 Å². The van der Waals surface area contributed by atoms with Crippen LogP contribution in [0, 0.1) is 5.92 Å². The number of rotatable bonds is 4. The van der Waals surface area contributed by atoms with E-state index in [1.165, 1.54) is 12.3 Å². The van der Waals surface area contributed by atoms with Gasteiger partial charge in [-0.1, -0.05) is 18.9 Å². The summed E-state index contributed by atoms with van der Waals surface area (Å²) in [4.78, 5) is 26.5. The minimum absolute atomic E-state index is 0.00520. The maximum absolute atomic E-state index is 12.1. The Morgan fingerprint density at radius 3 is 2.70 bits per heavy atom. The highest BCUT2D eigenvalue weighted by Crippen LogP contribution is 2.23. The lowest BCUT2D eigenvalue weighted by Gasteiger charge is -2.27. The van der Waals surface area contributed by atoms with Crippen LogP contribution in [0.1, 0.15) is 41.7 Å². The summed E-state index contributed by atoms with van der Waals surface area (Å²) in [6, 6.07) is 3.02. The summed E-state index contributed by atoms with van der Waals surface area (Å²) in [7, 11) is 0. The maximum atomic E-state index is 12.1. The number of nitrogens with two attached hydrogens (primary N) is 1. The molecular weight excluding hydrogens is 258 g/mol. The molecule has 0 aromatic carbocycles. The molecule has 0 aliphatic heterocycles. The molecule has 1 aliphatic carbocycles. The predicted molar refractivity (Wildman–Crippen MR) is 73.0 cm³/mol. The molecule has 2 atom stereocenters. The summed E-state index contributed by atoms with van der Waals surface area (Å²) >= 11 is 0. The zero-order valence-electron chi connectivity index (χ0n) is 11.2. The molecule has 1 fully saturated rings. The minimum atomic E-state index is -1.06. The van der Waals surface area contributed by atoms with Crippen molar-refractivity contribution in [2.75, 3.05) is 0 Å². The Balaban J connectivity index is 1.88. The summed E-state index contributed by atoms with van der Waals surface area (Å²) in [5, 5.41) is 11.6. The van der Waals surface area contributed by atoms with Gasteiger partial charge >= 0.3 is 5.97 Å². The lowest BCUT2D eigenvalue weighted by molar-refractivity contribution is -0.126. The van der Waals surface area contributed by atoms with E-state index in [9.17, 15) is 9.59 Å². The van der Waals surface area contributed by atoms with Gasteiger partial charge in [-0.2, -0.15) is 0 Å². The largest absolute Gasteiger partial charge is 0.477 e. The third-order valence-electron chi connectivity index (χ3n) is 3.67. The van der Waals surface area contributed by atoms with Gasteiger partial charge in [-0.25, -0.2) is 9.78 Å². The minimum Gasteiger partial charge on any atom is -0.477 e. The molecular formula is C14H19N3O3. The number of carbonyl (C=O) groups is 2. The van der Waals surface area contributed by atoms with E-state index in [2.05, 4.69) is 10.3 Å². The summed E-state index contributed by atoms with van der Waals surface area (Å²) in [5.41, 5.74) is 6.73. The third-order valence-corrected chi connectivity index (χ3v) is 3.67. The first-order valence-corrected chi connectivity index (χ1v) is 6.79. The van der Waals surface area contributed by atoms with E-state index in [0.717, 1.165) is 31.2 Å². The first-order chi connectivity index (χ1) is 9.58. The van der Waals surface area contributed by atoms with Gasteiger partial charge in [0.2, 0.25) is 5.91 Å². The van der Waals surface area contributed by atoms with Gasteiger partial charge in [-0.3, -0.25) is 4.79 Å². The van der Waals surface area contributed by atoms with E-state index in [4.69, 9.17) is 10.8 Å². The van der Waals surface area contributed by atoms with Crippen LogP contribution in [-0.2, 0) is 11.3 Å². The number of carboxylic acids is 1. The van der Waals surface area contributed by atoms with Crippen molar-refractivity contribution in [1.82, 2.24) is 10.3 Å². The van der Waals surface area contributed by atoms with E-state index < -0.39 is 5.97 Å². The number of carboxylic acid groups (broad SMARTS) is 1. The second-order valence-corrected chi connectivity index (χ2v) is 5.13. The van der Waals surface area contributed by atoms with Crippen LogP contribution in [0.25, 0.3) is 0 Å². The number of hydrogen-bond acceptors (Lipinski definition) is 4. The molecule has 108 valence electrons. The Bertz CT molecular complexity index is 487. The van der Waals surface area contributed by atoms with Crippen molar-refractivity contribution in [2.45, 2.75) is 38.3 Å². The zero-order valence-corrected chi connectivity index (χ0v) is 11.2. The quantitative estimate of drug-likeness (QED) is 0.758. The molecule has 4 N–H and O–H groups in total. The number of nitrogens with one attached hydrogen (secondary N) is 1. The van der Waals surface area contributed by atoms with Gasteiger partial charge in [0.15, 0.2) is 0 Å². The van der Waals surface area contributed by atoms with Crippen LogP contribution >= 0.6 is 0 Å². The first-order valence-electron chi connectivity index (χ1n) is 6.79. The molecule has 2 rings (SSSR count). The smallest absolute Gasteiger partial charge is 0.354 e. The number of carbonyl (C=O) groups excluding carboxylic acids is 1. The van der Waals surface area contributed by atoms with Gasteiger partial charge in [0.1, 0.15) is 5.69 Å². The topological polar surface area (TPSA) is 105 Å². The Morgan fingerprint density at radius 1 is 1.35 bits per heavy atom. The highest BCUT2D eigenvalue weighted by molar-refractivity contribution is 5.85. The molecule has 1 heterocycles. The van der Waals surface area contributed by atoms with Crippen molar-refractivity contribution in [3.63, 3.8) is 0 Å². The van der Waals surface area contributed by atoms with Crippen molar-refractivity contribution in [3.05, 3.63) is 29.6 Å². The summed E-state index contributed by atoms with van der Waals surface area (Å²) < 4.78 is 0. The first kappa shape index (κ1) is 14.5. The molecule has 6 heteroatoms. The van der Waals surface area contributed by atoms with Crippen molar-refractivity contribution in [1.29, 1.82) is 0 Å². The van der Waals surface area contributed by atoms with Gasteiger partial charge in [0.25, 0.3) is 0 Å². The molecule has 1 aliphatic rings. The molecule has 0 radical (unpaired) electrons. The molecule has 0 bridgehead atoms. The van der Waals surface area contributed by atoms with Crippen LogP contribution in [0.2, 0.25) is 0 Å². The molecule has 1 aromatic heterocycles. The number of aromatic nitrogens is 1. The monoisotopic (exact) mass is 277 g/mol. The van der Waals surface area contributed by atoms with E-state index in [0.29, 0.717) is 6.54 Å². The number of amides is 1. The van der Waals surface area contributed by atoms with Crippen LogP contribution in [-0.4, -0.2) is 28.0 Å². The molecule has 6 nitrogen and oxygen atoms in total. The number of hydrogen-bond donors (Lipinski definition) is 3. The average Bonchev–Trinajstić information content (AvgIpc) is 2.45. The number of aromatic carboxylic acids is 1. The van der Waals surface area contributed by atoms with Crippen LogP contribution < -0.4 is 11.1 Å². The highest BCUT2D eigenvalue weighted by Gasteiger charge is 2.27. The third kappa shape index (κ3) is 3.54. The molecule has 0 spiro atoms. The number of pyridine rings is 1. The fourth-order valence-electron chi connectivity index (χ4n) is 2.46. The van der Waals surface area contributed by atoms with Gasteiger partial charge in [0.05, 0.1) is 5.92 Å². The van der Waals surface area contributed by atoms with E-state index in [1.807, 2.05) is 0 Å². The fourth-order valence-corrected chi connectivity index (χ4v) is 2.46. The fraction of sp³-hybridized carbons (Fsp3) is 0.500. The highest BCUT2D eigenvalue weighted by atomic mass is 16.4. The second-order valence-electron chi connectivity index (χ2n) is 5.13. The zero-order chi connectivity index (χ0) is 14.5. The molecule has 0 saturated heterocycles.